The zero-order chi connectivity index (χ0) is 26.6. The number of likely N-dealkylation sites (N-methyl/N-ethyl adjacent to an activating group) is 1. The van der Waals surface area contributed by atoms with Crippen LogP contribution in [-0.2, 0) is 16.5 Å². The van der Waals surface area contributed by atoms with Crippen LogP contribution in [0.1, 0.15) is 48.4 Å². The summed E-state index contributed by atoms with van der Waals surface area (Å²) in [6.07, 6.45) is 7.44. The second-order valence-corrected chi connectivity index (χ2v) is 11.1. The lowest BCUT2D eigenvalue weighted by Crippen LogP contribution is -2.55. The van der Waals surface area contributed by atoms with Crippen LogP contribution in [0.15, 0.2) is 41.5 Å². The highest BCUT2D eigenvalue weighted by Gasteiger charge is 2.56. The van der Waals surface area contributed by atoms with E-state index in [1.807, 2.05) is 37.9 Å². The molecule has 8 nitrogen and oxygen atoms in total. The van der Waals surface area contributed by atoms with Crippen LogP contribution in [0.2, 0.25) is 0 Å². The summed E-state index contributed by atoms with van der Waals surface area (Å²) in [6.45, 7) is 11.2. The number of aliphatic hydroxyl groups is 1. The van der Waals surface area contributed by atoms with Gasteiger partial charge in [-0.1, -0.05) is 19.9 Å². The standard InChI is InChI=1S/C29H42N4O4/c1-8-33-28(35)32-17-21-15-22(36-6)16-24(37-7)26(21)18(2)13-25(32)29(33)9-11-31(12-10-29)27(34)23-14-19(3)30(5)20(23)4/h13-16,18,21,26,28,35H,8-12,17H2,1-7H3. The van der Waals surface area contributed by atoms with Crippen LogP contribution >= 0.6 is 0 Å². The minimum Gasteiger partial charge on any atom is -0.501 e. The van der Waals surface area contributed by atoms with Gasteiger partial charge < -0.3 is 28.9 Å². The van der Waals surface area contributed by atoms with Gasteiger partial charge in [0.1, 0.15) is 11.5 Å². The van der Waals surface area contributed by atoms with Crippen LogP contribution in [0.3, 0.4) is 0 Å². The molecule has 4 heterocycles. The molecule has 0 radical (unpaired) electrons. The van der Waals surface area contributed by atoms with Gasteiger partial charge in [0, 0.05) is 68.2 Å². The minimum atomic E-state index is -0.695. The first-order chi connectivity index (χ1) is 17.7. The number of aliphatic hydroxyl groups excluding tert-OH is 1. The molecule has 2 fully saturated rings. The van der Waals surface area contributed by atoms with Crippen molar-refractivity contribution < 1.29 is 19.4 Å². The molecular weight excluding hydrogens is 468 g/mol. The van der Waals surface area contributed by atoms with Gasteiger partial charge in [0.15, 0.2) is 6.35 Å². The number of nitrogens with zero attached hydrogens (tertiary/aromatic N) is 4. The second kappa shape index (κ2) is 9.55. The lowest BCUT2D eigenvalue weighted by Gasteiger charge is -2.45. The van der Waals surface area contributed by atoms with Crippen LogP contribution in [0, 0.1) is 31.6 Å². The molecule has 37 heavy (non-hydrogen) atoms. The molecule has 1 aromatic rings. The molecule has 4 aliphatic rings. The monoisotopic (exact) mass is 510 g/mol. The second-order valence-electron chi connectivity index (χ2n) is 11.1. The Morgan fingerprint density at radius 3 is 2.43 bits per heavy atom. The molecule has 202 valence electrons. The number of carbonyl (C=O) groups is 1. The average Bonchev–Trinajstić information content (AvgIpc) is 3.19. The summed E-state index contributed by atoms with van der Waals surface area (Å²) in [5.74, 6) is 2.42. The smallest absolute Gasteiger partial charge is 0.255 e. The van der Waals surface area contributed by atoms with Crippen molar-refractivity contribution >= 4 is 5.91 Å². The van der Waals surface area contributed by atoms with Crippen LogP contribution in [0.5, 0.6) is 0 Å². The Morgan fingerprint density at radius 2 is 1.86 bits per heavy atom. The van der Waals surface area contributed by atoms with E-state index in [1.54, 1.807) is 14.2 Å². The highest BCUT2D eigenvalue weighted by molar-refractivity contribution is 5.95. The lowest BCUT2D eigenvalue weighted by atomic mass is 9.77. The quantitative estimate of drug-likeness (QED) is 0.670. The highest BCUT2D eigenvalue weighted by Crippen LogP contribution is 2.50. The molecule has 8 heteroatoms. The summed E-state index contributed by atoms with van der Waals surface area (Å²) in [4.78, 5) is 19.9. The van der Waals surface area contributed by atoms with Crippen LogP contribution in [-0.4, -0.2) is 82.6 Å². The first kappa shape index (κ1) is 25.9. The topological polar surface area (TPSA) is 70.4 Å². The van der Waals surface area contributed by atoms with Crippen molar-refractivity contribution in [3.8, 4) is 0 Å². The van der Waals surface area contributed by atoms with Crippen LogP contribution in [0.4, 0.5) is 0 Å². The van der Waals surface area contributed by atoms with Crippen molar-refractivity contribution in [3.05, 3.63) is 58.5 Å². The van der Waals surface area contributed by atoms with Gasteiger partial charge in [-0.25, -0.2) is 4.90 Å². The number of aromatic nitrogens is 1. The number of piperidine rings is 1. The number of amides is 1. The third kappa shape index (κ3) is 3.91. The van der Waals surface area contributed by atoms with Crippen molar-refractivity contribution in [2.45, 2.75) is 52.4 Å². The fraction of sp³-hybridized carbons (Fsp3) is 0.621. The number of methoxy groups -OCH3 is 2. The summed E-state index contributed by atoms with van der Waals surface area (Å²) in [5.41, 5.74) is 3.80. The zero-order valence-corrected chi connectivity index (χ0v) is 23.3. The Morgan fingerprint density at radius 1 is 1.16 bits per heavy atom. The largest absolute Gasteiger partial charge is 0.501 e. The number of aryl methyl sites for hydroxylation is 1. The first-order valence-corrected chi connectivity index (χ1v) is 13.5. The van der Waals surface area contributed by atoms with E-state index in [4.69, 9.17) is 9.47 Å². The van der Waals surface area contributed by atoms with E-state index >= 15 is 0 Å². The van der Waals surface area contributed by atoms with Gasteiger partial charge in [-0.3, -0.25) is 4.79 Å². The van der Waals surface area contributed by atoms with Crippen molar-refractivity contribution in [3.63, 3.8) is 0 Å². The van der Waals surface area contributed by atoms with E-state index in [2.05, 4.69) is 40.4 Å². The molecule has 0 bridgehead atoms. The number of ether oxygens (including phenoxy) is 2. The van der Waals surface area contributed by atoms with Gasteiger partial charge in [0.05, 0.1) is 25.3 Å². The van der Waals surface area contributed by atoms with Crippen molar-refractivity contribution in [2.24, 2.45) is 24.8 Å². The Kier molecular flexibility index (Phi) is 6.69. The summed E-state index contributed by atoms with van der Waals surface area (Å²) in [5, 5.41) is 11.6. The van der Waals surface area contributed by atoms with Gasteiger partial charge in [-0.05, 0) is 44.7 Å². The number of carbonyl (C=O) groups excluding carboxylic acids is 1. The average molecular weight is 511 g/mol. The van der Waals surface area contributed by atoms with Gasteiger partial charge in [-0.2, -0.15) is 0 Å². The number of fused-ring (bicyclic) bond motifs is 3. The summed E-state index contributed by atoms with van der Waals surface area (Å²) >= 11 is 0. The van der Waals surface area contributed by atoms with E-state index in [9.17, 15) is 9.90 Å². The molecule has 1 aromatic heterocycles. The van der Waals surface area contributed by atoms with E-state index < -0.39 is 6.35 Å². The Balaban J connectivity index is 1.45. The molecule has 5 rings (SSSR count). The third-order valence-electron chi connectivity index (χ3n) is 9.44. The SMILES string of the molecule is CCN1C(O)N2CC3C=C(OC)C=C(OC)C3C(C)C=C2C12CCN(C(=O)c1cc(C)n(C)c1C)CC2. The van der Waals surface area contributed by atoms with Crippen molar-refractivity contribution in [1.29, 1.82) is 0 Å². The normalized spacial score (nSPS) is 29.2. The van der Waals surface area contributed by atoms with Crippen molar-refractivity contribution in [2.75, 3.05) is 40.4 Å². The van der Waals surface area contributed by atoms with E-state index in [-0.39, 0.29) is 29.2 Å². The maximum absolute atomic E-state index is 13.5. The Labute approximate surface area is 220 Å². The number of allylic oxidation sites excluding steroid dienone is 3. The molecule has 0 saturated carbocycles. The number of hydrogen-bond donors (Lipinski definition) is 1. The molecule has 4 atom stereocenters. The summed E-state index contributed by atoms with van der Waals surface area (Å²) in [7, 11) is 5.42. The minimum absolute atomic E-state index is 0.107. The van der Waals surface area contributed by atoms with Gasteiger partial charge >= 0.3 is 0 Å². The zero-order valence-electron chi connectivity index (χ0n) is 23.3. The Bertz CT molecular complexity index is 1160. The van der Waals surface area contributed by atoms with Crippen molar-refractivity contribution in [1.82, 2.24) is 19.3 Å². The predicted octanol–water partition coefficient (Wildman–Crippen LogP) is 3.37. The molecule has 1 N–H and O–H groups in total. The number of likely N-dealkylation sites (tertiary alicyclic amines) is 1. The number of hydrogen-bond acceptors (Lipinski definition) is 6. The van der Waals surface area contributed by atoms with E-state index in [0.29, 0.717) is 19.6 Å². The lowest BCUT2D eigenvalue weighted by molar-refractivity contribution is -0.0862. The van der Waals surface area contributed by atoms with E-state index in [1.165, 1.54) is 5.70 Å². The molecule has 3 aliphatic heterocycles. The summed E-state index contributed by atoms with van der Waals surface area (Å²) in [6, 6.07) is 2.00. The van der Waals surface area contributed by atoms with Crippen LogP contribution < -0.4 is 0 Å². The molecule has 2 saturated heterocycles. The third-order valence-corrected chi connectivity index (χ3v) is 9.44. The molecule has 1 amide bonds. The fourth-order valence-corrected chi connectivity index (χ4v) is 7.23. The first-order valence-electron chi connectivity index (χ1n) is 13.5. The molecule has 1 spiro atoms. The predicted molar refractivity (Wildman–Crippen MR) is 142 cm³/mol. The maximum Gasteiger partial charge on any atom is 0.255 e. The summed E-state index contributed by atoms with van der Waals surface area (Å²) < 4.78 is 13.5. The van der Waals surface area contributed by atoms with Gasteiger partial charge in [0.25, 0.3) is 5.91 Å². The van der Waals surface area contributed by atoms with Crippen LogP contribution in [0.25, 0.3) is 0 Å². The maximum atomic E-state index is 13.5. The van der Waals surface area contributed by atoms with Gasteiger partial charge in [0.2, 0.25) is 0 Å². The van der Waals surface area contributed by atoms with E-state index in [0.717, 1.165) is 47.9 Å². The highest BCUT2D eigenvalue weighted by atomic mass is 16.5. The molecule has 0 aromatic carbocycles. The molecule has 1 aliphatic carbocycles. The fourth-order valence-electron chi connectivity index (χ4n) is 7.23. The molecular formula is C29H42N4O4. The molecule has 4 unspecified atom stereocenters. The Hall–Kier alpha value is -2.71. The number of rotatable bonds is 4. The van der Waals surface area contributed by atoms with Gasteiger partial charge in [-0.15, -0.1) is 0 Å².